The Kier molecular flexibility index (Phi) is 7.25. The molecule has 1 N–H and O–H groups in total. The first kappa shape index (κ1) is 20.1. The summed E-state index contributed by atoms with van der Waals surface area (Å²) in [7, 11) is 0. The van der Waals surface area contributed by atoms with E-state index in [-0.39, 0.29) is 5.91 Å². The highest BCUT2D eigenvalue weighted by atomic mass is 32.2. The Morgan fingerprint density at radius 1 is 0.964 bits per heavy atom. The summed E-state index contributed by atoms with van der Waals surface area (Å²) in [5, 5.41) is 12.4. The average Bonchev–Trinajstić information content (AvgIpc) is 3.14. The fourth-order valence-corrected chi connectivity index (χ4v) is 3.80. The molecule has 3 rings (SSSR count). The maximum atomic E-state index is 12.3. The minimum atomic E-state index is -0.0364. The summed E-state index contributed by atoms with van der Waals surface area (Å²) >= 11 is 1.43. The van der Waals surface area contributed by atoms with Crippen LogP contribution in [0.2, 0.25) is 0 Å². The smallest absolute Gasteiger partial charge is 0.234 e. The van der Waals surface area contributed by atoms with Crippen LogP contribution in [0, 0.1) is 0 Å². The zero-order valence-corrected chi connectivity index (χ0v) is 17.2. The fourth-order valence-electron chi connectivity index (χ4n) is 2.98. The minimum absolute atomic E-state index is 0.0364. The predicted molar refractivity (Wildman–Crippen MR) is 115 cm³/mol. The molecule has 0 aliphatic carbocycles. The molecule has 28 heavy (non-hydrogen) atoms. The van der Waals surface area contributed by atoms with E-state index in [1.165, 1.54) is 22.9 Å². The van der Waals surface area contributed by atoms with Crippen LogP contribution in [0.4, 0.5) is 5.69 Å². The predicted octanol–water partition coefficient (Wildman–Crippen LogP) is 4.38. The molecule has 1 amide bonds. The summed E-state index contributed by atoms with van der Waals surface area (Å²) in [6, 6.07) is 18.3. The number of benzene rings is 2. The molecule has 2 aromatic carbocycles. The van der Waals surface area contributed by atoms with E-state index in [4.69, 9.17) is 0 Å². The van der Waals surface area contributed by atoms with Crippen LogP contribution in [-0.4, -0.2) is 26.4 Å². The van der Waals surface area contributed by atoms with Gasteiger partial charge in [0.2, 0.25) is 5.91 Å². The van der Waals surface area contributed by atoms with Gasteiger partial charge in [0, 0.05) is 18.7 Å². The Morgan fingerprint density at radius 2 is 1.71 bits per heavy atom. The van der Waals surface area contributed by atoms with Crippen LogP contribution >= 0.6 is 11.8 Å². The van der Waals surface area contributed by atoms with Gasteiger partial charge in [-0.3, -0.25) is 4.79 Å². The van der Waals surface area contributed by atoms with Gasteiger partial charge >= 0.3 is 0 Å². The van der Waals surface area contributed by atoms with Gasteiger partial charge in [0.25, 0.3) is 0 Å². The highest BCUT2D eigenvalue weighted by Crippen LogP contribution is 2.19. The number of thioether (sulfide) groups is 1. The molecule has 0 spiro atoms. The molecule has 0 saturated carbocycles. The monoisotopic (exact) mass is 394 g/mol. The lowest BCUT2D eigenvalue weighted by molar-refractivity contribution is -0.113. The molecular weight excluding hydrogens is 368 g/mol. The molecule has 0 aliphatic heterocycles. The van der Waals surface area contributed by atoms with E-state index in [1.54, 1.807) is 0 Å². The Hall–Kier alpha value is -2.60. The van der Waals surface area contributed by atoms with E-state index in [1.807, 2.05) is 30.3 Å². The van der Waals surface area contributed by atoms with Gasteiger partial charge in [0.1, 0.15) is 5.82 Å². The number of aromatic nitrogens is 3. The minimum Gasteiger partial charge on any atom is -0.325 e. The molecule has 0 saturated heterocycles. The van der Waals surface area contributed by atoms with Gasteiger partial charge in [-0.1, -0.05) is 61.2 Å². The maximum Gasteiger partial charge on any atom is 0.234 e. The first-order chi connectivity index (χ1) is 13.7. The maximum absolute atomic E-state index is 12.3. The molecule has 1 aromatic heterocycles. The third-order valence-electron chi connectivity index (χ3n) is 4.57. The molecular formula is C22H26N4OS. The number of anilines is 1. The van der Waals surface area contributed by atoms with Gasteiger partial charge < -0.3 is 9.88 Å². The quantitative estimate of drug-likeness (QED) is 0.547. The average molecular weight is 395 g/mol. The molecule has 6 heteroatoms. The highest BCUT2D eigenvalue weighted by Gasteiger charge is 2.13. The van der Waals surface area contributed by atoms with Gasteiger partial charge in [0.15, 0.2) is 5.16 Å². The number of carbonyl (C=O) groups is 1. The number of hydrogen-bond donors (Lipinski definition) is 1. The van der Waals surface area contributed by atoms with Gasteiger partial charge in [-0.15, -0.1) is 10.2 Å². The molecule has 0 atom stereocenters. The number of nitrogens with one attached hydrogen (secondary N) is 1. The largest absolute Gasteiger partial charge is 0.325 e. The second-order valence-corrected chi connectivity index (χ2v) is 7.46. The number of nitrogens with zero attached hydrogens (tertiary/aromatic N) is 3. The van der Waals surface area contributed by atoms with Crippen molar-refractivity contribution in [2.24, 2.45) is 0 Å². The number of rotatable bonds is 9. The van der Waals surface area contributed by atoms with Crippen molar-refractivity contribution in [3.05, 3.63) is 71.5 Å². The van der Waals surface area contributed by atoms with Crippen LogP contribution < -0.4 is 5.32 Å². The van der Waals surface area contributed by atoms with Crippen LogP contribution in [-0.2, 0) is 30.6 Å². The first-order valence-electron chi connectivity index (χ1n) is 9.67. The van der Waals surface area contributed by atoms with E-state index in [0.717, 1.165) is 42.5 Å². The Labute approximate surface area is 170 Å². The lowest BCUT2D eigenvalue weighted by atomic mass is 10.1. The molecule has 0 radical (unpaired) electrons. The van der Waals surface area contributed by atoms with Crippen molar-refractivity contribution >= 4 is 23.4 Å². The van der Waals surface area contributed by atoms with Crippen LogP contribution in [0.5, 0.6) is 0 Å². The van der Waals surface area contributed by atoms with Crippen molar-refractivity contribution in [1.82, 2.24) is 14.8 Å². The molecule has 1 heterocycles. The van der Waals surface area contributed by atoms with Gasteiger partial charge in [-0.05, 0) is 43.0 Å². The molecule has 0 aliphatic rings. The molecule has 0 fully saturated rings. The topological polar surface area (TPSA) is 59.8 Å². The highest BCUT2D eigenvalue weighted by molar-refractivity contribution is 7.99. The normalized spacial score (nSPS) is 10.8. The standard InChI is InChI=1S/C22H26N4OS/c1-3-17-10-13-19(14-11-17)23-21(27)16-28-22-25-24-20(26(22)4-2)15-12-18-8-6-5-7-9-18/h5-11,13-14H,3-4,12,15-16H2,1-2H3,(H,23,27). The zero-order valence-electron chi connectivity index (χ0n) is 16.4. The number of carbonyl (C=O) groups excluding carboxylic acids is 1. The van der Waals surface area contributed by atoms with Crippen molar-refractivity contribution in [1.29, 1.82) is 0 Å². The molecule has 146 valence electrons. The lowest BCUT2D eigenvalue weighted by Crippen LogP contribution is -2.14. The summed E-state index contributed by atoms with van der Waals surface area (Å²) in [4.78, 5) is 12.3. The molecule has 5 nitrogen and oxygen atoms in total. The van der Waals surface area contributed by atoms with Gasteiger partial charge in [-0.2, -0.15) is 0 Å². The van der Waals surface area contributed by atoms with E-state index in [2.05, 4.69) is 58.2 Å². The Bertz CT molecular complexity index is 891. The summed E-state index contributed by atoms with van der Waals surface area (Å²) in [5.41, 5.74) is 3.37. The van der Waals surface area contributed by atoms with E-state index >= 15 is 0 Å². The number of amides is 1. The third kappa shape index (κ3) is 5.45. The second-order valence-electron chi connectivity index (χ2n) is 6.52. The van der Waals surface area contributed by atoms with Crippen molar-refractivity contribution in [2.75, 3.05) is 11.1 Å². The molecule has 0 unspecified atom stereocenters. The van der Waals surface area contributed by atoms with Gasteiger partial charge in [-0.25, -0.2) is 0 Å². The number of aryl methyl sites for hydroxylation is 3. The first-order valence-corrected chi connectivity index (χ1v) is 10.7. The Balaban J connectivity index is 1.54. The van der Waals surface area contributed by atoms with E-state index in [9.17, 15) is 4.79 Å². The van der Waals surface area contributed by atoms with Crippen LogP contribution in [0.1, 0.15) is 30.8 Å². The van der Waals surface area contributed by atoms with Crippen LogP contribution in [0.25, 0.3) is 0 Å². The number of hydrogen-bond acceptors (Lipinski definition) is 4. The van der Waals surface area contributed by atoms with Gasteiger partial charge in [0.05, 0.1) is 5.75 Å². The zero-order chi connectivity index (χ0) is 19.8. The van der Waals surface area contributed by atoms with Crippen molar-refractivity contribution in [3.63, 3.8) is 0 Å². The molecule has 0 bridgehead atoms. The van der Waals surface area contributed by atoms with E-state index in [0.29, 0.717) is 5.75 Å². The second kappa shape index (κ2) is 10.1. The third-order valence-corrected chi connectivity index (χ3v) is 5.53. The van der Waals surface area contributed by atoms with Crippen molar-refractivity contribution in [2.45, 2.75) is 44.8 Å². The van der Waals surface area contributed by atoms with Crippen molar-refractivity contribution in [3.8, 4) is 0 Å². The summed E-state index contributed by atoms with van der Waals surface area (Å²) in [6.45, 7) is 4.98. The Morgan fingerprint density at radius 3 is 2.39 bits per heavy atom. The van der Waals surface area contributed by atoms with E-state index < -0.39 is 0 Å². The van der Waals surface area contributed by atoms with Crippen LogP contribution in [0.3, 0.4) is 0 Å². The summed E-state index contributed by atoms with van der Waals surface area (Å²) in [6.07, 6.45) is 2.75. The molecule has 3 aromatic rings. The summed E-state index contributed by atoms with van der Waals surface area (Å²) < 4.78 is 2.09. The summed E-state index contributed by atoms with van der Waals surface area (Å²) in [5.74, 6) is 1.24. The lowest BCUT2D eigenvalue weighted by Gasteiger charge is -2.08. The fraction of sp³-hybridized carbons (Fsp3) is 0.318. The SMILES string of the molecule is CCc1ccc(NC(=O)CSc2nnc(CCc3ccccc3)n2CC)cc1. The van der Waals surface area contributed by atoms with Crippen LogP contribution in [0.15, 0.2) is 59.8 Å². The van der Waals surface area contributed by atoms with Crippen molar-refractivity contribution < 1.29 is 4.79 Å².